The number of nitro groups is 1. The molecule has 0 saturated carbocycles. The fraction of sp³-hybridized carbons (Fsp3) is 0.316. The van der Waals surface area contributed by atoms with Crippen LogP contribution in [0.2, 0.25) is 10.0 Å². The first-order valence-electron chi connectivity index (χ1n) is 8.89. The van der Waals surface area contributed by atoms with E-state index in [0.717, 1.165) is 0 Å². The summed E-state index contributed by atoms with van der Waals surface area (Å²) in [6, 6.07) is 9.26. The molecular formula is C19H19Cl2N3O5. The van der Waals surface area contributed by atoms with Gasteiger partial charge < -0.3 is 19.7 Å². The number of carbonyl (C=O) groups is 1. The lowest BCUT2D eigenvalue weighted by molar-refractivity contribution is -0.384. The van der Waals surface area contributed by atoms with E-state index in [1.807, 2.05) is 4.90 Å². The molecule has 1 aliphatic rings. The van der Waals surface area contributed by atoms with Crippen LogP contribution in [0.15, 0.2) is 36.4 Å². The van der Waals surface area contributed by atoms with Crippen LogP contribution in [-0.4, -0.2) is 43.2 Å². The third kappa shape index (κ3) is 5.29. The van der Waals surface area contributed by atoms with Crippen LogP contribution in [0.3, 0.4) is 0 Å². The second kappa shape index (κ2) is 9.30. The van der Waals surface area contributed by atoms with Crippen LogP contribution >= 0.6 is 23.2 Å². The number of nitrogens with one attached hydrogen (secondary N) is 1. The highest BCUT2D eigenvalue weighted by molar-refractivity contribution is 6.35. The summed E-state index contributed by atoms with van der Waals surface area (Å²) in [5.41, 5.74) is 0.712. The molecule has 29 heavy (non-hydrogen) atoms. The molecule has 0 unspecified atom stereocenters. The maximum atomic E-state index is 12.5. The lowest BCUT2D eigenvalue weighted by Crippen LogP contribution is -2.36. The van der Waals surface area contributed by atoms with Crippen LogP contribution in [0, 0.1) is 10.1 Å². The van der Waals surface area contributed by atoms with Crippen molar-refractivity contribution >= 4 is 46.2 Å². The SMILES string of the molecule is C[C@H](Oc1ccc(Cl)cc1Cl)C(=O)Nc1ccc(N2CCOCC2)c([N+](=O)[O-])c1. The van der Waals surface area contributed by atoms with Gasteiger partial charge in [-0.15, -0.1) is 0 Å². The average molecular weight is 440 g/mol. The molecule has 8 nitrogen and oxygen atoms in total. The van der Waals surface area contributed by atoms with Crippen molar-refractivity contribution in [3.05, 3.63) is 56.6 Å². The molecule has 10 heteroatoms. The Morgan fingerprint density at radius 2 is 1.97 bits per heavy atom. The van der Waals surface area contributed by atoms with Crippen molar-refractivity contribution in [3.63, 3.8) is 0 Å². The van der Waals surface area contributed by atoms with Gasteiger partial charge in [0.2, 0.25) is 0 Å². The topological polar surface area (TPSA) is 93.9 Å². The summed E-state index contributed by atoms with van der Waals surface area (Å²) in [5, 5.41) is 14.9. The van der Waals surface area contributed by atoms with Gasteiger partial charge in [0.15, 0.2) is 6.10 Å². The average Bonchev–Trinajstić information content (AvgIpc) is 2.70. The molecular weight excluding hydrogens is 421 g/mol. The molecule has 3 rings (SSSR count). The summed E-state index contributed by atoms with van der Waals surface area (Å²) in [4.78, 5) is 25.4. The van der Waals surface area contributed by atoms with E-state index in [4.69, 9.17) is 32.7 Å². The van der Waals surface area contributed by atoms with Crippen molar-refractivity contribution in [1.82, 2.24) is 0 Å². The summed E-state index contributed by atoms with van der Waals surface area (Å²) in [6.07, 6.45) is -0.883. The fourth-order valence-corrected chi connectivity index (χ4v) is 3.33. The van der Waals surface area contributed by atoms with Gasteiger partial charge in [0.1, 0.15) is 11.4 Å². The van der Waals surface area contributed by atoms with Crippen molar-refractivity contribution in [2.24, 2.45) is 0 Å². The Labute approximate surface area is 177 Å². The highest BCUT2D eigenvalue weighted by atomic mass is 35.5. The Balaban J connectivity index is 1.72. The lowest BCUT2D eigenvalue weighted by atomic mass is 10.2. The first-order valence-corrected chi connectivity index (χ1v) is 9.64. The van der Waals surface area contributed by atoms with Crippen molar-refractivity contribution in [1.29, 1.82) is 0 Å². The summed E-state index contributed by atoms with van der Waals surface area (Å²) >= 11 is 11.9. The van der Waals surface area contributed by atoms with Crippen LogP contribution < -0.4 is 15.0 Å². The molecule has 0 aromatic heterocycles. The van der Waals surface area contributed by atoms with E-state index in [0.29, 0.717) is 48.5 Å². The smallest absolute Gasteiger partial charge is 0.294 e. The Bertz CT molecular complexity index is 919. The lowest BCUT2D eigenvalue weighted by Gasteiger charge is -2.28. The Morgan fingerprint density at radius 1 is 1.24 bits per heavy atom. The molecule has 154 valence electrons. The number of nitro benzene ring substituents is 1. The molecule has 0 aliphatic carbocycles. The molecule has 1 fully saturated rings. The molecule has 1 heterocycles. The van der Waals surface area contributed by atoms with Gasteiger partial charge in [-0.3, -0.25) is 14.9 Å². The number of halogens is 2. The Kier molecular flexibility index (Phi) is 6.79. The van der Waals surface area contributed by atoms with Gasteiger partial charge in [-0.2, -0.15) is 0 Å². The number of hydrogen-bond acceptors (Lipinski definition) is 6. The number of morpholine rings is 1. The zero-order valence-corrected chi connectivity index (χ0v) is 17.1. The van der Waals surface area contributed by atoms with Crippen LogP contribution in [0.25, 0.3) is 0 Å². The molecule has 1 N–H and O–H groups in total. The number of rotatable bonds is 6. The Morgan fingerprint density at radius 3 is 2.62 bits per heavy atom. The first-order chi connectivity index (χ1) is 13.8. The van der Waals surface area contributed by atoms with Gasteiger partial charge in [-0.1, -0.05) is 23.2 Å². The fourth-order valence-electron chi connectivity index (χ4n) is 2.88. The molecule has 1 aliphatic heterocycles. The van der Waals surface area contributed by atoms with E-state index < -0.39 is 16.9 Å². The van der Waals surface area contributed by atoms with Gasteiger partial charge in [-0.05, 0) is 37.3 Å². The summed E-state index contributed by atoms with van der Waals surface area (Å²) < 4.78 is 10.9. The Hall–Kier alpha value is -2.55. The molecule has 2 aromatic rings. The number of benzene rings is 2. The van der Waals surface area contributed by atoms with Gasteiger partial charge in [0, 0.05) is 29.9 Å². The molecule has 0 bridgehead atoms. The first kappa shape index (κ1) is 21.2. The van der Waals surface area contributed by atoms with E-state index in [1.54, 1.807) is 31.2 Å². The predicted molar refractivity (Wildman–Crippen MR) is 111 cm³/mol. The monoisotopic (exact) mass is 439 g/mol. The van der Waals surface area contributed by atoms with Crippen molar-refractivity contribution in [2.45, 2.75) is 13.0 Å². The third-order valence-corrected chi connectivity index (χ3v) is 4.89. The minimum atomic E-state index is -0.883. The number of ether oxygens (including phenoxy) is 2. The van der Waals surface area contributed by atoms with Crippen molar-refractivity contribution < 1.29 is 19.2 Å². The van der Waals surface area contributed by atoms with Gasteiger partial charge in [-0.25, -0.2) is 0 Å². The number of carbonyl (C=O) groups excluding carboxylic acids is 1. The van der Waals surface area contributed by atoms with Gasteiger partial charge in [0.25, 0.3) is 11.6 Å². The maximum absolute atomic E-state index is 12.5. The van der Waals surface area contributed by atoms with Crippen molar-refractivity contribution in [3.8, 4) is 5.75 Å². The number of anilines is 2. The highest BCUT2D eigenvalue weighted by Crippen LogP contribution is 2.32. The van der Waals surface area contributed by atoms with Gasteiger partial charge >= 0.3 is 0 Å². The zero-order chi connectivity index (χ0) is 21.0. The minimum absolute atomic E-state index is 0.0842. The third-order valence-electron chi connectivity index (χ3n) is 4.36. The van der Waals surface area contributed by atoms with Crippen LogP contribution in [0.1, 0.15) is 6.92 Å². The summed E-state index contributed by atoms with van der Waals surface area (Å²) in [6.45, 7) is 3.71. The van der Waals surface area contributed by atoms with E-state index in [-0.39, 0.29) is 10.7 Å². The summed E-state index contributed by atoms with van der Waals surface area (Å²) in [7, 11) is 0. The van der Waals surface area contributed by atoms with Crippen LogP contribution in [0.4, 0.5) is 17.1 Å². The summed E-state index contributed by atoms with van der Waals surface area (Å²) in [5.74, 6) is -0.156. The second-order valence-electron chi connectivity index (χ2n) is 6.38. The zero-order valence-electron chi connectivity index (χ0n) is 15.6. The van der Waals surface area contributed by atoms with Crippen molar-refractivity contribution in [2.75, 3.05) is 36.5 Å². The van der Waals surface area contributed by atoms with E-state index >= 15 is 0 Å². The largest absolute Gasteiger partial charge is 0.479 e. The van der Waals surface area contributed by atoms with E-state index in [9.17, 15) is 14.9 Å². The second-order valence-corrected chi connectivity index (χ2v) is 7.23. The quantitative estimate of drug-likeness (QED) is 0.536. The minimum Gasteiger partial charge on any atom is -0.479 e. The number of hydrogen-bond donors (Lipinski definition) is 1. The van der Waals surface area contributed by atoms with E-state index in [1.165, 1.54) is 12.1 Å². The maximum Gasteiger partial charge on any atom is 0.294 e. The van der Waals surface area contributed by atoms with E-state index in [2.05, 4.69) is 5.32 Å². The number of amides is 1. The molecule has 0 radical (unpaired) electrons. The van der Waals surface area contributed by atoms with Crippen LogP contribution in [0.5, 0.6) is 5.75 Å². The van der Waals surface area contributed by atoms with Gasteiger partial charge in [0.05, 0.1) is 23.2 Å². The molecule has 1 saturated heterocycles. The van der Waals surface area contributed by atoms with Crippen LogP contribution in [-0.2, 0) is 9.53 Å². The molecule has 2 aromatic carbocycles. The normalized spacial score (nSPS) is 14.9. The predicted octanol–water partition coefficient (Wildman–Crippen LogP) is 4.14. The number of nitrogens with zero attached hydrogens (tertiary/aromatic N) is 2. The molecule has 1 atom stereocenters. The molecule has 0 spiro atoms. The highest BCUT2D eigenvalue weighted by Gasteiger charge is 2.23. The molecule has 1 amide bonds. The standard InChI is InChI=1S/C19H19Cl2N3O5/c1-12(29-18-5-2-13(20)10-15(18)21)19(25)22-14-3-4-16(17(11-14)24(26)27)23-6-8-28-9-7-23/h2-5,10-12H,6-9H2,1H3,(H,22,25)/t12-/m0/s1.